The number of carbonyl (C=O) groups is 2. The maximum atomic E-state index is 12.3. The smallest absolute Gasteiger partial charge is 0.307 e. The molecule has 110 valence electrons. The van der Waals surface area contributed by atoms with Crippen molar-refractivity contribution in [2.75, 3.05) is 12.0 Å². The first-order valence-electron chi connectivity index (χ1n) is 7.05. The minimum atomic E-state index is -0.825. The molecule has 2 N–H and O–H groups in total. The van der Waals surface area contributed by atoms with E-state index in [4.69, 9.17) is 0 Å². The van der Waals surface area contributed by atoms with E-state index in [1.807, 2.05) is 13.2 Å². The summed E-state index contributed by atoms with van der Waals surface area (Å²) in [7, 11) is 0. The molecule has 0 spiro atoms. The molecule has 0 aliphatic heterocycles. The molecule has 0 radical (unpaired) electrons. The molecule has 0 aromatic heterocycles. The van der Waals surface area contributed by atoms with Gasteiger partial charge in [-0.2, -0.15) is 11.8 Å². The number of amides is 1. The standard InChI is InChI=1S/C14H25NO3S/c1-4-9-6-11(12(7-9)14(17)18)13(16)15-10(5-2)8-19-3/h9-12H,4-8H2,1-3H3,(H,15,16)(H,17,18). The second-order valence-electron chi connectivity index (χ2n) is 5.37. The van der Waals surface area contributed by atoms with Crippen LogP contribution in [0.4, 0.5) is 0 Å². The van der Waals surface area contributed by atoms with Crippen LogP contribution in [-0.4, -0.2) is 35.0 Å². The fourth-order valence-electron chi connectivity index (χ4n) is 2.81. The largest absolute Gasteiger partial charge is 0.481 e. The van der Waals surface area contributed by atoms with Crippen molar-refractivity contribution in [1.82, 2.24) is 5.32 Å². The third kappa shape index (κ3) is 4.41. The quantitative estimate of drug-likeness (QED) is 0.754. The summed E-state index contributed by atoms with van der Waals surface area (Å²) in [5.41, 5.74) is 0. The molecule has 19 heavy (non-hydrogen) atoms. The molecule has 4 nitrogen and oxygen atoms in total. The van der Waals surface area contributed by atoms with E-state index in [0.29, 0.717) is 12.3 Å². The second kappa shape index (κ2) is 7.78. The average molecular weight is 287 g/mol. The maximum Gasteiger partial charge on any atom is 0.307 e. The molecular weight excluding hydrogens is 262 g/mol. The fourth-order valence-corrected chi connectivity index (χ4v) is 3.53. The van der Waals surface area contributed by atoms with Crippen LogP contribution in [-0.2, 0) is 9.59 Å². The van der Waals surface area contributed by atoms with E-state index in [-0.39, 0.29) is 17.9 Å². The Balaban J connectivity index is 2.65. The van der Waals surface area contributed by atoms with Crippen molar-refractivity contribution in [1.29, 1.82) is 0 Å². The van der Waals surface area contributed by atoms with Gasteiger partial charge in [-0.3, -0.25) is 9.59 Å². The SMILES string of the molecule is CCC1CC(C(=O)O)C(C(=O)NC(CC)CSC)C1. The van der Waals surface area contributed by atoms with Gasteiger partial charge in [0, 0.05) is 11.8 Å². The zero-order valence-electron chi connectivity index (χ0n) is 12.0. The van der Waals surface area contributed by atoms with E-state index in [0.717, 1.165) is 25.0 Å². The fraction of sp³-hybridized carbons (Fsp3) is 0.857. The van der Waals surface area contributed by atoms with Crippen LogP contribution in [0.15, 0.2) is 0 Å². The molecule has 4 unspecified atom stereocenters. The number of thioether (sulfide) groups is 1. The van der Waals surface area contributed by atoms with Crippen molar-refractivity contribution >= 4 is 23.6 Å². The summed E-state index contributed by atoms with van der Waals surface area (Å²) in [5.74, 6) is -0.491. The number of carboxylic acids is 1. The van der Waals surface area contributed by atoms with Crippen molar-refractivity contribution in [2.24, 2.45) is 17.8 Å². The van der Waals surface area contributed by atoms with Crippen molar-refractivity contribution in [3.63, 3.8) is 0 Å². The van der Waals surface area contributed by atoms with E-state index in [1.54, 1.807) is 11.8 Å². The molecule has 1 fully saturated rings. The Kier molecular flexibility index (Phi) is 6.69. The summed E-state index contributed by atoms with van der Waals surface area (Å²) in [6.07, 6.45) is 5.21. The van der Waals surface area contributed by atoms with Crippen molar-refractivity contribution in [2.45, 2.75) is 45.6 Å². The molecule has 5 heteroatoms. The highest BCUT2D eigenvalue weighted by molar-refractivity contribution is 7.98. The van der Waals surface area contributed by atoms with Gasteiger partial charge in [0.05, 0.1) is 11.8 Å². The number of aliphatic carboxylic acids is 1. The Morgan fingerprint density at radius 1 is 1.32 bits per heavy atom. The van der Waals surface area contributed by atoms with Crippen LogP contribution in [0.1, 0.15) is 39.5 Å². The summed E-state index contributed by atoms with van der Waals surface area (Å²) >= 11 is 1.70. The Morgan fingerprint density at radius 3 is 2.42 bits per heavy atom. The molecular formula is C14H25NO3S. The summed E-state index contributed by atoms with van der Waals surface area (Å²) in [6.45, 7) is 4.10. The van der Waals surface area contributed by atoms with Gasteiger partial charge in [0.15, 0.2) is 0 Å². The third-order valence-electron chi connectivity index (χ3n) is 4.10. The van der Waals surface area contributed by atoms with Crippen molar-refractivity contribution in [3.8, 4) is 0 Å². The molecule has 1 saturated carbocycles. The molecule has 0 aromatic rings. The Hall–Kier alpha value is -0.710. The van der Waals surface area contributed by atoms with Crippen LogP contribution in [0.3, 0.4) is 0 Å². The zero-order chi connectivity index (χ0) is 14.4. The van der Waals surface area contributed by atoms with E-state index >= 15 is 0 Å². The van der Waals surface area contributed by atoms with E-state index in [2.05, 4.69) is 12.2 Å². The molecule has 0 bridgehead atoms. The van der Waals surface area contributed by atoms with Crippen LogP contribution in [0.5, 0.6) is 0 Å². The highest BCUT2D eigenvalue weighted by Crippen LogP contribution is 2.38. The summed E-state index contributed by atoms with van der Waals surface area (Å²) in [5, 5.41) is 12.3. The third-order valence-corrected chi connectivity index (χ3v) is 4.83. The van der Waals surface area contributed by atoms with Crippen LogP contribution in [0.25, 0.3) is 0 Å². The number of carboxylic acid groups (broad SMARTS) is 1. The number of carbonyl (C=O) groups excluding carboxylic acids is 1. The normalized spacial score (nSPS) is 28.1. The maximum absolute atomic E-state index is 12.3. The van der Waals surface area contributed by atoms with Gasteiger partial charge in [0.25, 0.3) is 0 Å². The lowest BCUT2D eigenvalue weighted by atomic mass is 9.95. The topological polar surface area (TPSA) is 66.4 Å². The van der Waals surface area contributed by atoms with Crippen molar-refractivity contribution < 1.29 is 14.7 Å². The molecule has 0 aromatic carbocycles. The molecule has 1 aliphatic rings. The number of hydrogen-bond donors (Lipinski definition) is 2. The second-order valence-corrected chi connectivity index (χ2v) is 6.28. The van der Waals surface area contributed by atoms with Crippen LogP contribution >= 0.6 is 11.8 Å². The highest BCUT2D eigenvalue weighted by atomic mass is 32.2. The van der Waals surface area contributed by atoms with Crippen LogP contribution < -0.4 is 5.32 Å². The van der Waals surface area contributed by atoms with Crippen LogP contribution in [0.2, 0.25) is 0 Å². The monoisotopic (exact) mass is 287 g/mol. The average Bonchev–Trinajstić information content (AvgIpc) is 2.82. The molecule has 1 amide bonds. The lowest BCUT2D eigenvalue weighted by molar-refractivity contribution is -0.146. The van der Waals surface area contributed by atoms with Gasteiger partial charge in [-0.25, -0.2) is 0 Å². The summed E-state index contributed by atoms with van der Waals surface area (Å²) < 4.78 is 0. The van der Waals surface area contributed by atoms with Crippen molar-refractivity contribution in [3.05, 3.63) is 0 Å². The van der Waals surface area contributed by atoms with Gasteiger partial charge in [-0.15, -0.1) is 0 Å². The van der Waals surface area contributed by atoms with Gasteiger partial charge in [0.1, 0.15) is 0 Å². The molecule has 1 rings (SSSR count). The van der Waals surface area contributed by atoms with Gasteiger partial charge in [0.2, 0.25) is 5.91 Å². The van der Waals surface area contributed by atoms with Gasteiger partial charge < -0.3 is 10.4 Å². The van der Waals surface area contributed by atoms with E-state index in [1.165, 1.54) is 0 Å². The number of rotatable bonds is 7. The lowest BCUT2D eigenvalue weighted by Gasteiger charge is -2.21. The Morgan fingerprint density at radius 2 is 1.95 bits per heavy atom. The van der Waals surface area contributed by atoms with E-state index < -0.39 is 11.9 Å². The first kappa shape index (κ1) is 16.3. The minimum Gasteiger partial charge on any atom is -0.481 e. The highest BCUT2D eigenvalue weighted by Gasteiger charge is 2.42. The van der Waals surface area contributed by atoms with Gasteiger partial charge in [-0.05, 0) is 31.4 Å². The molecule has 4 atom stereocenters. The Labute approximate surface area is 119 Å². The predicted octanol–water partition coefficient (Wildman–Crippen LogP) is 2.38. The first-order valence-corrected chi connectivity index (χ1v) is 8.44. The number of nitrogens with one attached hydrogen (secondary N) is 1. The number of hydrogen-bond acceptors (Lipinski definition) is 3. The molecule has 0 heterocycles. The van der Waals surface area contributed by atoms with Gasteiger partial charge >= 0.3 is 5.97 Å². The lowest BCUT2D eigenvalue weighted by Crippen LogP contribution is -2.42. The summed E-state index contributed by atoms with van der Waals surface area (Å²) in [4.78, 5) is 23.6. The van der Waals surface area contributed by atoms with E-state index in [9.17, 15) is 14.7 Å². The first-order chi connectivity index (χ1) is 9.03. The zero-order valence-corrected chi connectivity index (χ0v) is 12.8. The van der Waals surface area contributed by atoms with Gasteiger partial charge in [-0.1, -0.05) is 20.3 Å². The predicted molar refractivity (Wildman–Crippen MR) is 78.2 cm³/mol. The van der Waals surface area contributed by atoms with Crippen LogP contribution in [0, 0.1) is 17.8 Å². The Bertz CT molecular complexity index is 322. The summed E-state index contributed by atoms with van der Waals surface area (Å²) in [6, 6.07) is 0.151. The minimum absolute atomic E-state index is 0.0655. The molecule has 1 aliphatic carbocycles. The molecule has 0 saturated heterocycles.